The normalized spacial score (nSPS) is 13.9. The first-order chi connectivity index (χ1) is 9.11. The monoisotopic (exact) mass is 301 g/mol. The average molecular weight is 301 g/mol. The van der Waals surface area contributed by atoms with Crippen LogP contribution in [0.1, 0.15) is 27.7 Å². The van der Waals surface area contributed by atoms with E-state index in [4.69, 9.17) is 9.47 Å². The van der Waals surface area contributed by atoms with Gasteiger partial charge in [-0.15, -0.1) is 0 Å². The third-order valence-electron chi connectivity index (χ3n) is 3.29. The van der Waals surface area contributed by atoms with Crippen molar-refractivity contribution in [1.29, 1.82) is 0 Å². The lowest BCUT2D eigenvalue weighted by Crippen LogP contribution is -2.41. The Bertz CT molecular complexity index is 561. The maximum atomic E-state index is 12.5. The highest BCUT2D eigenvalue weighted by atomic mass is 32.2. The van der Waals surface area contributed by atoms with E-state index >= 15 is 0 Å². The zero-order valence-corrected chi connectivity index (χ0v) is 13.7. The molecule has 20 heavy (non-hydrogen) atoms. The van der Waals surface area contributed by atoms with Gasteiger partial charge in [-0.2, -0.15) is 0 Å². The Balaban J connectivity index is 3.21. The SMILES string of the molecule is COc1ccc(OC)c(S(=O)(=O)N[C@@H](C)C(C)(C)C)c1. The lowest BCUT2D eigenvalue weighted by molar-refractivity contribution is 0.317. The average Bonchev–Trinajstić information content (AvgIpc) is 2.36. The molecule has 114 valence electrons. The molecule has 0 saturated heterocycles. The predicted molar refractivity (Wildman–Crippen MR) is 78.8 cm³/mol. The van der Waals surface area contributed by atoms with E-state index in [2.05, 4.69) is 4.72 Å². The molecule has 0 aliphatic carbocycles. The van der Waals surface area contributed by atoms with Gasteiger partial charge in [-0.05, 0) is 24.5 Å². The van der Waals surface area contributed by atoms with Gasteiger partial charge in [-0.1, -0.05) is 20.8 Å². The minimum Gasteiger partial charge on any atom is -0.497 e. The molecule has 0 amide bonds. The fourth-order valence-corrected chi connectivity index (χ4v) is 3.10. The van der Waals surface area contributed by atoms with Crippen molar-refractivity contribution >= 4 is 10.0 Å². The van der Waals surface area contributed by atoms with E-state index in [-0.39, 0.29) is 16.4 Å². The molecule has 0 aliphatic heterocycles. The molecule has 1 N–H and O–H groups in total. The largest absolute Gasteiger partial charge is 0.497 e. The molecule has 1 rings (SSSR count). The first-order valence-corrected chi connectivity index (χ1v) is 7.84. The van der Waals surface area contributed by atoms with Gasteiger partial charge in [0.15, 0.2) is 0 Å². The van der Waals surface area contributed by atoms with E-state index in [1.54, 1.807) is 12.1 Å². The van der Waals surface area contributed by atoms with E-state index in [0.29, 0.717) is 11.5 Å². The topological polar surface area (TPSA) is 64.6 Å². The minimum atomic E-state index is -3.67. The number of ether oxygens (including phenoxy) is 2. The Kier molecular flexibility index (Phi) is 5.05. The standard InChI is InChI=1S/C14H23NO4S/c1-10(14(2,3)4)15-20(16,17)13-9-11(18-5)7-8-12(13)19-6/h7-10,15H,1-6H3/t10-/m0/s1. The van der Waals surface area contributed by atoms with Crippen LogP contribution >= 0.6 is 0 Å². The summed E-state index contributed by atoms with van der Waals surface area (Å²) in [7, 11) is -0.745. The molecule has 0 radical (unpaired) electrons. The van der Waals surface area contributed by atoms with Gasteiger partial charge in [0.05, 0.1) is 14.2 Å². The molecule has 5 nitrogen and oxygen atoms in total. The first kappa shape index (κ1) is 16.8. The summed E-state index contributed by atoms with van der Waals surface area (Å²) in [6.07, 6.45) is 0. The molecule has 0 aromatic heterocycles. The van der Waals surface area contributed by atoms with E-state index in [1.807, 2.05) is 27.7 Å². The van der Waals surface area contributed by atoms with Crippen molar-refractivity contribution in [3.63, 3.8) is 0 Å². The summed E-state index contributed by atoms with van der Waals surface area (Å²) in [5, 5.41) is 0. The van der Waals surface area contributed by atoms with E-state index in [9.17, 15) is 8.42 Å². The molecule has 0 fully saturated rings. The third-order valence-corrected chi connectivity index (χ3v) is 4.85. The Hall–Kier alpha value is -1.27. The summed E-state index contributed by atoms with van der Waals surface area (Å²) in [5.74, 6) is 0.758. The lowest BCUT2D eigenvalue weighted by atomic mass is 9.89. The number of sulfonamides is 1. The Morgan fingerprint density at radius 2 is 1.75 bits per heavy atom. The summed E-state index contributed by atoms with van der Waals surface area (Å²) >= 11 is 0. The molecular weight excluding hydrogens is 278 g/mol. The van der Waals surface area contributed by atoms with E-state index in [0.717, 1.165) is 0 Å². The molecule has 0 aliphatic rings. The summed E-state index contributed by atoms with van der Waals surface area (Å²) in [5.41, 5.74) is -0.181. The van der Waals surface area contributed by atoms with E-state index in [1.165, 1.54) is 20.3 Å². The van der Waals surface area contributed by atoms with Crippen molar-refractivity contribution in [1.82, 2.24) is 4.72 Å². The van der Waals surface area contributed by atoms with Gasteiger partial charge < -0.3 is 9.47 Å². The maximum absolute atomic E-state index is 12.5. The number of nitrogens with one attached hydrogen (secondary N) is 1. The molecule has 1 aromatic carbocycles. The molecule has 0 unspecified atom stereocenters. The van der Waals surface area contributed by atoms with Crippen molar-refractivity contribution in [2.24, 2.45) is 5.41 Å². The van der Waals surface area contributed by atoms with Crippen molar-refractivity contribution in [3.8, 4) is 11.5 Å². The van der Waals surface area contributed by atoms with Crippen LogP contribution in [0.5, 0.6) is 11.5 Å². The van der Waals surface area contributed by atoms with Gasteiger partial charge in [0.1, 0.15) is 16.4 Å². The molecular formula is C14H23NO4S. The zero-order valence-electron chi connectivity index (χ0n) is 12.9. The van der Waals surface area contributed by atoms with Crippen LogP contribution in [-0.2, 0) is 10.0 Å². The maximum Gasteiger partial charge on any atom is 0.244 e. The number of methoxy groups -OCH3 is 2. The second-order valence-corrected chi connectivity index (χ2v) is 7.41. The number of rotatable bonds is 5. The number of hydrogen-bond acceptors (Lipinski definition) is 4. The molecule has 6 heteroatoms. The molecule has 1 atom stereocenters. The van der Waals surface area contributed by atoms with Crippen LogP contribution in [0.4, 0.5) is 0 Å². The highest BCUT2D eigenvalue weighted by Gasteiger charge is 2.28. The summed E-state index contributed by atoms with van der Waals surface area (Å²) in [4.78, 5) is 0.0791. The van der Waals surface area contributed by atoms with Gasteiger partial charge in [0.2, 0.25) is 10.0 Å². The van der Waals surface area contributed by atoms with Gasteiger partial charge in [-0.25, -0.2) is 13.1 Å². The third kappa shape index (κ3) is 3.86. The summed E-state index contributed by atoms with van der Waals surface area (Å²) in [6, 6.07) is 4.47. The highest BCUT2D eigenvalue weighted by Crippen LogP contribution is 2.29. The number of benzene rings is 1. The van der Waals surface area contributed by atoms with Crippen LogP contribution in [0.25, 0.3) is 0 Å². The van der Waals surface area contributed by atoms with Crippen LogP contribution < -0.4 is 14.2 Å². The van der Waals surface area contributed by atoms with Crippen LogP contribution in [0, 0.1) is 5.41 Å². The van der Waals surface area contributed by atoms with Gasteiger partial charge in [-0.3, -0.25) is 0 Å². The molecule has 0 saturated carbocycles. The second-order valence-electron chi connectivity index (χ2n) is 5.73. The first-order valence-electron chi connectivity index (χ1n) is 6.36. The zero-order chi connectivity index (χ0) is 15.6. The summed E-state index contributed by atoms with van der Waals surface area (Å²) < 4.78 is 37.9. The Morgan fingerprint density at radius 1 is 1.15 bits per heavy atom. The van der Waals surface area contributed by atoms with Gasteiger partial charge >= 0.3 is 0 Å². The van der Waals surface area contributed by atoms with Crippen molar-refractivity contribution < 1.29 is 17.9 Å². The smallest absolute Gasteiger partial charge is 0.244 e. The molecule has 1 aromatic rings. The van der Waals surface area contributed by atoms with Crippen molar-refractivity contribution in [2.45, 2.75) is 38.6 Å². The highest BCUT2D eigenvalue weighted by molar-refractivity contribution is 7.89. The molecule has 0 bridgehead atoms. The predicted octanol–water partition coefficient (Wildman–Crippen LogP) is 2.42. The van der Waals surface area contributed by atoms with Gasteiger partial charge in [0.25, 0.3) is 0 Å². The van der Waals surface area contributed by atoms with Crippen LogP contribution in [0.3, 0.4) is 0 Å². The quantitative estimate of drug-likeness (QED) is 0.907. The fourth-order valence-electron chi connectivity index (χ4n) is 1.47. The molecule has 0 heterocycles. The fraction of sp³-hybridized carbons (Fsp3) is 0.571. The van der Waals surface area contributed by atoms with Crippen LogP contribution in [0.2, 0.25) is 0 Å². The Labute approximate surface area is 121 Å². The second kappa shape index (κ2) is 6.01. The van der Waals surface area contributed by atoms with Crippen molar-refractivity contribution in [3.05, 3.63) is 18.2 Å². The Morgan fingerprint density at radius 3 is 2.20 bits per heavy atom. The number of hydrogen-bond donors (Lipinski definition) is 1. The molecule has 0 spiro atoms. The lowest BCUT2D eigenvalue weighted by Gasteiger charge is -2.28. The van der Waals surface area contributed by atoms with Crippen LogP contribution in [0.15, 0.2) is 23.1 Å². The van der Waals surface area contributed by atoms with Crippen LogP contribution in [-0.4, -0.2) is 28.7 Å². The van der Waals surface area contributed by atoms with Gasteiger partial charge in [0, 0.05) is 12.1 Å². The van der Waals surface area contributed by atoms with Crippen molar-refractivity contribution in [2.75, 3.05) is 14.2 Å². The minimum absolute atomic E-state index is 0.0791. The summed E-state index contributed by atoms with van der Waals surface area (Å²) in [6.45, 7) is 7.76. The van der Waals surface area contributed by atoms with E-state index < -0.39 is 10.0 Å².